The van der Waals surface area contributed by atoms with Gasteiger partial charge in [0.2, 0.25) is 5.91 Å². The Balaban J connectivity index is 2.05. The average Bonchev–Trinajstić information content (AvgIpc) is 2.57. The summed E-state index contributed by atoms with van der Waals surface area (Å²) in [6, 6.07) is 0.244. The normalized spacial score (nSPS) is 38.7. The molecule has 0 spiro atoms. The molecule has 4 nitrogen and oxygen atoms in total. The van der Waals surface area contributed by atoms with E-state index in [9.17, 15) is 9.00 Å². The van der Waals surface area contributed by atoms with Gasteiger partial charge in [0.05, 0.1) is 12.2 Å². The van der Waals surface area contributed by atoms with Crippen LogP contribution >= 0.6 is 0 Å². The highest BCUT2D eigenvalue weighted by atomic mass is 32.2. The van der Waals surface area contributed by atoms with Crippen molar-refractivity contribution in [2.45, 2.75) is 57.8 Å². The summed E-state index contributed by atoms with van der Waals surface area (Å²) in [5.41, 5.74) is 0. The third-order valence-corrected chi connectivity index (χ3v) is 5.10. The van der Waals surface area contributed by atoms with Gasteiger partial charge in [-0.15, -0.1) is 0 Å². The largest absolute Gasteiger partial charge is 0.323 e. The lowest BCUT2D eigenvalue weighted by atomic mass is 10.1. The minimum absolute atomic E-state index is 0.0565. The third kappa shape index (κ3) is 2.71. The summed E-state index contributed by atoms with van der Waals surface area (Å²) in [5.74, 6) is 1.73. The van der Waals surface area contributed by atoms with Crippen LogP contribution in [0.2, 0.25) is 0 Å². The molecular weight excluding hydrogens is 236 g/mol. The molecule has 5 heteroatoms. The van der Waals surface area contributed by atoms with Gasteiger partial charge in [0.1, 0.15) is 0 Å². The van der Waals surface area contributed by atoms with Gasteiger partial charge in [-0.3, -0.25) is 14.3 Å². The van der Waals surface area contributed by atoms with E-state index in [1.54, 1.807) is 0 Å². The van der Waals surface area contributed by atoms with E-state index in [-0.39, 0.29) is 18.1 Å². The van der Waals surface area contributed by atoms with E-state index in [2.05, 4.69) is 12.2 Å². The van der Waals surface area contributed by atoms with Crippen molar-refractivity contribution in [3.8, 4) is 0 Å². The molecule has 17 heavy (non-hydrogen) atoms. The highest BCUT2D eigenvalue weighted by Gasteiger charge is 2.40. The van der Waals surface area contributed by atoms with Crippen LogP contribution in [0.25, 0.3) is 0 Å². The molecule has 2 atom stereocenters. The van der Waals surface area contributed by atoms with Gasteiger partial charge in [0.15, 0.2) is 0 Å². The zero-order valence-corrected chi connectivity index (χ0v) is 11.5. The molecule has 0 aromatic carbocycles. The summed E-state index contributed by atoms with van der Waals surface area (Å²) in [4.78, 5) is 14.2. The Kier molecular flexibility index (Phi) is 4.20. The van der Waals surface area contributed by atoms with E-state index in [4.69, 9.17) is 0 Å². The van der Waals surface area contributed by atoms with E-state index in [1.165, 1.54) is 0 Å². The molecule has 2 unspecified atom stereocenters. The van der Waals surface area contributed by atoms with Crippen molar-refractivity contribution < 1.29 is 9.00 Å². The average molecular weight is 258 g/mol. The van der Waals surface area contributed by atoms with E-state index >= 15 is 0 Å². The van der Waals surface area contributed by atoms with Gasteiger partial charge in [-0.2, -0.15) is 0 Å². The highest BCUT2D eigenvalue weighted by Crippen LogP contribution is 2.24. The van der Waals surface area contributed by atoms with E-state index < -0.39 is 10.8 Å². The lowest BCUT2D eigenvalue weighted by Gasteiger charge is -2.34. The molecule has 2 aliphatic rings. The summed E-state index contributed by atoms with van der Waals surface area (Å²) < 4.78 is 11.4. The minimum Gasteiger partial charge on any atom is -0.323 e. The Hall–Kier alpha value is -0.420. The van der Waals surface area contributed by atoms with Crippen LogP contribution in [0, 0.1) is 0 Å². The molecule has 2 rings (SSSR count). The van der Waals surface area contributed by atoms with Crippen molar-refractivity contribution in [2.75, 3.05) is 11.5 Å². The molecule has 2 heterocycles. The predicted molar refractivity (Wildman–Crippen MR) is 69.0 cm³/mol. The second kappa shape index (κ2) is 5.48. The molecule has 2 saturated heterocycles. The third-order valence-electron chi connectivity index (χ3n) is 3.72. The Morgan fingerprint density at radius 2 is 2.06 bits per heavy atom. The summed E-state index contributed by atoms with van der Waals surface area (Å²) in [5, 5.41) is 3.36. The van der Waals surface area contributed by atoms with Gasteiger partial charge >= 0.3 is 0 Å². The van der Waals surface area contributed by atoms with Crippen LogP contribution in [-0.2, 0) is 15.6 Å². The molecule has 0 aromatic rings. The van der Waals surface area contributed by atoms with Crippen LogP contribution < -0.4 is 5.32 Å². The molecule has 0 radical (unpaired) electrons. The summed E-state index contributed by atoms with van der Waals surface area (Å²) in [6.07, 6.45) is 4.07. The minimum atomic E-state index is -0.654. The summed E-state index contributed by atoms with van der Waals surface area (Å²) >= 11 is 0. The second-order valence-corrected chi connectivity index (χ2v) is 6.71. The van der Waals surface area contributed by atoms with Crippen LogP contribution in [0.5, 0.6) is 0 Å². The monoisotopic (exact) mass is 258 g/mol. The fraction of sp³-hybridized carbons (Fsp3) is 0.917. The van der Waals surface area contributed by atoms with Gasteiger partial charge in [-0.25, -0.2) is 0 Å². The first-order chi connectivity index (χ1) is 8.13. The Morgan fingerprint density at radius 3 is 2.65 bits per heavy atom. The molecule has 0 aliphatic carbocycles. The summed E-state index contributed by atoms with van der Waals surface area (Å²) in [7, 11) is -0.654. The summed E-state index contributed by atoms with van der Waals surface area (Å²) in [6.45, 7) is 4.08. The molecule has 2 fully saturated rings. The van der Waals surface area contributed by atoms with Crippen LogP contribution in [0.4, 0.5) is 0 Å². The Bertz CT molecular complexity index is 312. The number of rotatable bonds is 3. The Morgan fingerprint density at radius 1 is 1.41 bits per heavy atom. The molecule has 1 amide bonds. The number of hydrogen-bond donors (Lipinski definition) is 1. The van der Waals surface area contributed by atoms with E-state index in [1.807, 2.05) is 11.8 Å². The SMILES string of the molecule is CCCC1NC(C)C(=O)N1C1CCS(=O)CC1. The molecule has 0 bridgehead atoms. The topological polar surface area (TPSA) is 49.4 Å². The van der Waals surface area contributed by atoms with Crippen molar-refractivity contribution in [3.63, 3.8) is 0 Å². The van der Waals surface area contributed by atoms with Gasteiger partial charge in [0.25, 0.3) is 0 Å². The van der Waals surface area contributed by atoms with Crippen molar-refractivity contribution in [3.05, 3.63) is 0 Å². The van der Waals surface area contributed by atoms with E-state index in [0.717, 1.165) is 37.2 Å². The van der Waals surface area contributed by atoms with Crippen molar-refractivity contribution in [1.29, 1.82) is 0 Å². The van der Waals surface area contributed by atoms with Crippen LogP contribution in [0.15, 0.2) is 0 Å². The number of nitrogens with one attached hydrogen (secondary N) is 1. The Labute approximate surface area is 106 Å². The van der Waals surface area contributed by atoms with Gasteiger partial charge in [-0.1, -0.05) is 13.3 Å². The number of hydrogen-bond acceptors (Lipinski definition) is 3. The maximum atomic E-state index is 12.2. The zero-order chi connectivity index (χ0) is 12.4. The lowest BCUT2D eigenvalue weighted by Crippen LogP contribution is -2.47. The molecule has 0 saturated carbocycles. The standard InChI is InChI=1S/C12H22N2O2S/c1-3-4-11-13-9(2)12(15)14(11)10-5-7-17(16)8-6-10/h9-11,13H,3-8H2,1-2H3. The number of nitrogens with zero attached hydrogens (tertiary/aromatic N) is 1. The fourth-order valence-electron chi connectivity index (χ4n) is 2.81. The number of carbonyl (C=O) groups excluding carboxylic acids is 1. The first kappa shape index (κ1) is 13.0. The van der Waals surface area contributed by atoms with Crippen molar-refractivity contribution >= 4 is 16.7 Å². The molecular formula is C12H22N2O2S. The molecule has 0 aromatic heterocycles. The first-order valence-corrected chi connectivity index (χ1v) is 8.05. The number of amides is 1. The molecule has 98 valence electrons. The second-order valence-electron chi connectivity index (χ2n) is 5.02. The van der Waals surface area contributed by atoms with Crippen molar-refractivity contribution in [2.24, 2.45) is 0 Å². The van der Waals surface area contributed by atoms with Gasteiger partial charge in [-0.05, 0) is 26.2 Å². The first-order valence-electron chi connectivity index (χ1n) is 6.56. The quantitative estimate of drug-likeness (QED) is 0.816. The zero-order valence-electron chi connectivity index (χ0n) is 10.6. The highest BCUT2D eigenvalue weighted by molar-refractivity contribution is 7.85. The van der Waals surface area contributed by atoms with Crippen LogP contribution in [-0.4, -0.2) is 44.8 Å². The predicted octanol–water partition coefficient (Wildman–Crippen LogP) is 0.844. The number of carbonyl (C=O) groups is 1. The molecule has 1 N–H and O–H groups in total. The van der Waals surface area contributed by atoms with E-state index in [0.29, 0.717) is 6.04 Å². The van der Waals surface area contributed by atoms with Gasteiger partial charge in [0, 0.05) is 28.3 Å². The lowest BCUT2D eigenvalue weighted by molar-refractivity contribution is -0.132. The smallest absolute Gasteiger partial charge is 0.240 e. The maximum absolute atomic E-state index is 12.2. The van der Waals surface area contributed by atoms with Crippen molar-refractivity contribution in [1.82, 2.24) is 10.2 Å². The van der Waals surface area contributed by atoms with Crippen LogP contribution in [0.3, 0.4) is 0 Å². The molecule has 2 aliphatic heterocycles. The van der Waals surface area contributed by atoms with Crippen LogP contribution in [0.1, 0.15) is 39.5 Å². The fourth-order valence-corrected chi connectivity index (χ4v) is 4.08. The van der Waals surface area contributed by atoms with Gasteiger partial charge < -0.3 is 4.90 Å². The maximum Gasteiger partial charge on any atom is 0.240 e.